The maximum absolute atomic E-state index is 12.1. The fourth-order valence-corrected chi connectivity index (χ4v) is 2.40. The summed E-state index contributed by atoms with van der Waals surface area (Å²) in [7, 11) is 0. The zero-order valence-corrected chi connectivity index (χ0v) is 13.1. The fourth-order valence-electron chi connectivity index (χ4n) is 2.40. The van der Waals surface area contributed by atoms with Gasteiger partial charge in [0.1, 0.15) is 5.60 Å². The highest BCUT2D eigenvalue weighted by Crippen LogP contribution is 2.15. The summed E-state index contributed by atoms with van der Waals surface area (Å²) in [5.74, 6) is 0. The molecule has 7 heteroatoms. The molecule has 0 spiro atoms. The van der Waals surface area contributed by atoms with Crippen LogP contribution in [0.3, 0.4) is 0 Å². The lowest BCUT2D eigenvalue weighted by molar-refractivity contribution is 0.0289. The molecule has 2 fully saturated rings. The molecule has 1 unspecified atom stereocenters. The van der Waals surface area contributed by atoms with Crippen LogP contribution in [-0.2, 0) is 9.47 Å². The van der Waals surface area contributed by atoms with Gasteiger partial charge in [-0.1, -0.05) is 0 Å². The van der Waals surface area contributed by atoms with Crippen molar-refractivity contribution in [2.24, 2.45) is 0 Å². The van der Waals surface area contributed by atoms with Gasteiger partial charge in [0.15, 0.2) is 0 Å². The zero-order chi connectivity index (χ0) is 15.5. The van der Waals surface area contributed by atoms with Crippen molar-refractivity contribution >= 4 is 12.1 Å². The molecule has 7 nitrogen and oxygen atoms in total. The summed E-state index contributed by atoms with van der Waals surface area (Å²) in [6.07, 6.45) is 0.445. The summed E-state index contributed by atoms with van der Waals surface area (Å²) in [6.45, 7) is 9.07. The standard InChI is InChI=1S/C14H25N3O4/c1-14(2,3)21-13(19)17-5-4-11(10-17)15-12(18)16-6-8-20-9-7-16/h11H,4-10H2,1-3H3,(H,15,18). The molecule has 2 aliphatic rings. The Morgan fingerprint density at radius 3 is 2.43 bits per heavy atom. The molecule has 0 radical (unpaired) electrons. The van der Waals surface area contributed by atoms with E-state index in [4.69, 9.17) is 9.47 Å². The molecule has 21 heavy (non-hydrogen) atoms. The summed E-state index contributed by atoms with van der Waals surface area (Å²) in [4.78, 5) is 27.4. The van der Waals surface area contributed by atoms with Gasteiger partial charge in [-0.2, -0.15) is 0 Å². The highest BCUT2D eigenvalue weighted by molar-refractivity contribution is 5.75. The van der Waals surface area contributed by atoms with E-state index in [-0.39, 0.29) is 18.2 Å². The molecule has 0 aromatic rings. The largest absolute Gasteiger partial charge is 0.444 e. The molecule has 0 aliphatic carbocycles. The van der Waals surface area contributed by atoms with E-state index in [0.717, 1.165) is 6.42 Å². The lowest BCUT2D eigenvalue weighted by Crippen LogP contribution is -2.50. The van der Waals surface area contributed by atoms with Crippen molar-refractivity contribution in [1.82, 2.24) is 15.1 Å². The monoisotopic (exact) mass is 299 g/mol. The molecule has 0 aromatic carbocycles. The van der Waals surface area contributed by atoms with Crippen molar-refractivity contribution in [2.75, 3.05) is 39.4 Å². The molecule has 1 N–H and O–H groups in total. The van der Waals surface area contributed by atoms with E-state index in [1.54, 1.807) is 9.80 Å². The molecular formula is C14H25N3O4. The van der Waals surface area contributed by atoms with Crippen LogP contribution in [0, 0.1) is 0 Å². The molecule has 0 saturated carbocycles. The highest BCUT2D eigenvalue weighted by Gasteiger charge is 2.31. The minimum atomic E-state index is -0.494. The molecule has 2 saturated heterocycles. The maximum Gasteiger partial charge on any atom is 0.410 e. The van der Waals surface area contributed by atoms with Crippen LogP contribution in [-0.4, -0.2) is 73.0 Å². The second-order valence-electron chi connectivity index (χ2n) is 6.46. The van der Waals surface area contributed by atoms with Crippen LogP contribution in [0.15, 0.2) is 0 Å². The number of morpholine rings is 1. The van der Waals surface area contributed by atoms with Gasteiger partial charge in [0.25, 0.3) is 0 Å². The molecule has 1 atom stereocenters. The summed E-state index contributed by atoms with van der Waals surface area (Å²) < 4.78 is 10.6. The molecule has 2 rings (SSSR count). The lowest BCUT2D eigenvalue weighted by Gasteiger charge is -2.28. The Kier molecular flexibility index (Phi) is 4.92. The van der Waals surface area contributed by atoms with Gasteiger partial charge in [0, 0.05) is 32.2 Å². The first kappa shape index (κ1) is 15.9. The van der Waals surface area contributed by atoms with Crippen LogP contribution < -0.4 is 5.32 Å². The van der Waals surface area contributed by atoms with Crippen LogP contribution in [0.1, 0.15) is 27.2 Å². The minimum absolute atomic E-state index is 0.00661. The second-order valence-corrected chi connectivity index (χ2v) is 6.46. The van der Waals surface area contributed by atoms with Crippen LogP contribution in [0.4, 0.5) is 9.59 Å². The Bertz CT molecular complexity index is 388. The number of carbonyl (C=O) groups excluding carboxylic acids is 2. The number of amides is 3. The first-order valence-electron chi connectivity index (χ1n) is 7.46. The van der Waals surface area contributed by atoms with Crippen LogP contribution in [0.2, 0.25) is 0 Å². The first-order chi connectivity index (χ1) is 9.85. The van der Waals surface area contributed by atoms with E-state index in [0.29, 0.717) is 39.4 Å². The van der Waals surface area contributed by atoms with Crippen molar-refractivity contribution in [1.29, 1.82) is 0 Å². The molecule has 2 heterocycles. The van der Waals surface area contributed by atoms with E-state index in [1.807, 2.05) is 20.8 Å². The number of carbonyl (C=O) groups is 2. The summed E-state index contributed by atoms with van der Waals surface area (Å²) in [5.41, 5.74) is -0.494. The number of hydrogen-bond donors (Lipinski definition) is 1. The average Bonchev–Trinajstić information content (AvgIpc) is 2.86. The van der Waals surface area contributed by atoms with Crippen LogP contribution in [0.5, 0.6) is 0 Å². The molecule has 3 amide bonds. The maximum atomic E-state index is 12.1. The quantitative estimate of drug-likeness (QED) is 0.785. The Hall–Kier alpha value is -1.50. The second kappa shape index (κ2) is 6.51. The van der Waals surface area contributed by atoms with Gasteiger partial charge in [-0.3, -0.25) is 0 Å². The van der Waals surface area contributed by atoms with E-state index < -0.39 is 5.60 Å². The number of likely N-dealkylation sites (tertiary alicyclic amines) is 1. The fraction of sp³-hybridized carbons (Fsp3) is 0.857. The summed E-state index contributed by atoms with van der Waals surface area (Å²) in [5, 5.41) is 2.98. The Labute approximate surface area is 125 Å². The number of hydrogen-bond acceptors (Lipinski definition) is 4. The van der Waals surface area contributed by atoms with E-state index in [1.165, 1.54) is 0 Å². The highest BCUT2D eigenvalue weighted by atomic mass is 16.6. The topological polar surface area (TPSA) is 71.1 Å². The van der Waals surface area contributed by atoms with E-state index in [2.05, 4.69) is 5.32 Å². The molecule has 120 valence electrons. The van der Waals surface area contributed by atoms with Crippen molar-refractivity contribution in [3.8, 4) is 0 Å². The lowest BCUT2D eigenvalue weighted by atomic mass is 10.2. The smallest absolute Gasteiger partial charge is 0.410 e. The van der Waals surface area contributed by atoms with Gasteiger partial charge < -0.3 is 24.6 Å². The van der Waals surface area contributed by atoms with Crippen molar-refractivity contribution in [3.63, 3.8) is 0 Å². The number of ether oxygens (including phenoxy) is 2. The van der Waals surface area contributed by atoms with Gasteiger partial charge in [-0.05, 0) is 27.2 Å². The number of urea groups is 1. The normalized spacial score (nSPS) is 23.1. The van der Waals surface area contributed by atoms with Gasteiger partial charge in [-0.15, -0.1) is 0 Å². The third kappa shape index (κ3) is 4.77. The number of rotatable bonds is 1. The third-order valence-corrected chi connectivity index (χ3v) is 3.47. The Balaban J connectivity index is 1.77. The van der Waals surface area contributed by atoms with E-state index >= 15 is 0 Å². The van der Waals surface area contributed by atoms with Crippen LogP contribution in [0.25, 0.3) is 0 Å². The summed E-state index contributed by atoms with van der Waals surface area (Å²) >= 11 is 0. The number of nitrogens with one attached hydrogen (secondary N) is 1. The third-order valence-electron chi connectivity index (χ3n) is 3.47. The average molecular weight is 299 g/mol. The first-order valence-corrected chi connectivity index (χ1v) is 7.46. The molecule has 2 aliphatic heterocycles. The molecule has 0 aromatic heterocycles. The van der Waals surface area contributed by atoms with Crippen molar-refractivity contribution in [3.05, 3.63) is 0 Å². The van der Waals surface area contributed by atoms with Gasteiger partial charge >= 0.3 is 12.1 Å². The zero-order valence-electron chi connectivity index (χ0n) is 13.1. The summed E-state index contributed by atoms with van der Waals surface area (Å²) in [6, 6.07) is -0.0813. The molecular weight excluding hydrogens is 274 g/mol. The SMILES string of the molecule is CC(C)(C)OC(=O)N1CCC(NC(=O)N2CCOCC2)C1. The van der Waals surface area contributed by atoms with Gasteiger partial charge in [0.05, 0.1) is 13.2 Å². The minimum Gasteiger partial charge on any atom is -0.444 e. The van der Waals surface area contributed by atoms with Crippen LogP contribution >= 0.6 is 0 Å². The van der Waals surface area contributed by atoms with E-state index in [9.17, 15) is 9.59 Å². The van der Waals surface area contributed by atoms with Crippen molar-refractivity contribution in [2.45, 2.75) is 38.8 Å². The predicted molar refractivity (Wildman–Crippen MR) is 77.1 cm³/mol. The van der Waals surface area contributed by atoms with Gasteiger partial charge in [-0.25, -0.2) is 9.59 Å². The molecule has 0 bridgehead atoms. The van der Waals surface area contributed by atoms with Gasteiger partial charge in [0.2, 0.25) is 0 Å². The van der Waals surface area contributed by atoms with Crippen molar-refractivity contribution < 1.29 is 19.1 Å². The Morgan fingerprint density at radius 1 is 1.14 bits per heavy atom. The number of nitrogens with zero attached hydrogens (tertiary/aromatic N) is 2. The Morgan fingerprint density at radius 2 is 1.81 bits per heavy atom. The predicted octanol–water partition coefficient (Wildman–Crippen LogP) is 1.04.